The Balaban J connectivity index is 2.31. The van der Waals surface area contributed by atoms with E-state index in [9.17, 15) is 13.2 Å². The standard InChI is InChI=1S/C14H12BrF3N2/c15-9-3-1-2-4-12(9)20-13(7-19)8-5-10(16)14(18)11(17)6-8/h1-6,13,20H,7,19H2. The van der Waals surface area contributed by atoms with Crippen molar-refractivity contribution < 1.29 is 13.2 Å². The highest BCUT2D eigenvalue weighted by atomic mass is 79.9. The molecule has 0 heterocycles. The van der Waals surface area contributed by atoms with E-state index in [-0.39, 0.29) is 12.1 Å². The van der Waals surface area contributed by atoms with Crippen molar-refractivity contribution in [3.63, 3.8) is 0 Å². The summed E-state index contributed by atoms with van der Waals surface area (Å²) in [5.74, 6) is -3.94. The fourth-order valence-corrected chi connectivity index (χ4v) is 2.22. The number of hydrogen-bond acceptors (Lipinski definition) is 2. The predicted octanol–water partition coefficient (Wildman–Crippen LogP) is 3.98. The third-order valence-electron chi connectivity index (χ3n) is 2.85. The molecule has 1 unspecified atom stereocenters. The van der Waals surface area contributed by atoms with Gasteiger partial charge in [-0.3, -0.25) is 0 Å². The van der Waals surface area contributed by atoms with Crippen LogP contribution in [0, 0.1) is 17.5 Å². The number of rotatable bonds is 4. The molecule has 2 rings (SSSR count). The zero-order valence-electron chi connectivity index (χ0n) is 10.3. The number of nitrogens with two attached hydrogens (primary N) is 1. The molecule has 3 N–H and O–H groups in total. The monoisotopic (exact) mass is 344 g/mol. The molecule has 0 radical (unpaired) electrons. The minimum absolute atomic E-state index is 0.103. The van der Waals surface area contributed by atoms with Gasteiger partial charge in [0.25, 0.3) is 0 Å². The van der Waals surface area contributed by atoms with Crippen molar-refractivity contribution in [1.29, 1.82) is 0 Å². The van der Waals surface area contributed by atoms with Gasteiger partial charge in [0.05, 0.1) is 6.04 Å². The molecule has 1 atom stereocenters. The van der Waals surface area contributed by atoms with E-state index in [1.807, 2.05) is 18.2 Å². The minimum Gasteiger partial charge on any atom is -0.376 e. The van der Waals surface area contributed by atoms with Crippen LogP contribution in [0.3, 0.4) is 0 Å². The Hall–Kier alpha value is -1.53. The molecule has 0 saturated carbocycles. The molecular formula is C14H12BrF3N2. The second-order valence-electron chi connectivity index (χ2n) is 4.21. The van der Waals surface area contributed by atoms with Crippen LogP contribution in [-0.2, 0) is 0 Å². The molecule has 0 aliphatic heterocycles. The second-order valence-corrected chi connectivity index (χ2v) is 5.07. The van der Waals surface area contributed by atoms with Crippen molar-refractivity contribution in [2.75, 3.05) is 11.9 Å². The first-order valence-electron chi connectivity index (χ1n) is 5.88. The first-order chi connectivity index (χ1) is 9.52. The summed E-state index contributed by atoms with van der Waals surface area (Å²) in [7, 11) is 0. The van der Waals surface area contributed by atoms with E-state index in [4.69, 9.17) is 5.73 Å². The number of halogens is 4. The number of nitrogens with one attached hydrogen (secondary N) is 1. The fourth-order valence-electron chi connectivity index (χ4n) is 1.82. The summed E-state index contributed by atoms with van der Waals surface area (Å²) in [5.41, 5.74) is 6.60. The lowest BCUT2D eigenvalue weighted by molar-refractivity contribution is 0.444. The number of para-hydroxylation sites is 1. The van der Waals surface area contributed by atoms with Crippen molar-refractivity contribution >= 4 is 21.6 Å². The molecule has 0 amide bonds. The molecule has 0 spiro atoms. The lowest BCUT2D eigenvalue weighted by Gasteiger charge is -2.20. The Bertz CT molecular complexity index is 596. The summed E-state index contributed by atoms with van der Waals surface area (Å²) in [6.07, 6.45) is 0. The lowest BCUT2D eigenvalue weighted by atomic mass is 10.1. The van der Waals surface area contributed by atoms with E-state index in [0.29, 0.717) is 0 Å². The zero-order valence-corrected chi connectivity index (χ0v) is 11.9. The second kappa shape index (κ2) is 6.28. The summed E-state index contributed by atoms with van der Waals surface area (Å²) in [5, 5.41) is 3.06. The van der Waals surface area contributed by atoms with Crippen molar-refractivity contribution in [3.8, 4) is 0 Å². The molecule has 106 valence electrons. The van der Waals surface area contributed by atoms with Gasteiger partial charge in [0.15, 0.2) is 17.5 Å². The highest BCUT2D eigenvalue weighted by molar-refractivity contribution is 9.10. The van der Waals surface area contributed by atoms with Gasteiger partial charge in [-0.25, -0.2) is 13.2 Å². The van der Waals surface area contributed by atoms with Crippen molar-refractivity contribution in [1.82, 2.24) is 0 Å². The first kappa shape index (κ1) is 14.9. The van der Waals surface area contributed by atoms with Gasteiger partial charge < -0.3 is 11.1 Å². The smallest absolute Gasteiger partial charge is 0.194 e. The summed E-state index contributed by atoms with van der Waals surface area (Å²) in [6.45, 7) is 0.103. The van der Waals surface area contributed by atoms with Crippen LogP contribution >= 0.6 is 15.9 Å². The third kappa shape index (κ3) is 3.13. The maximum Gasteiger partial charge on any atom is 0.194 e. The molecule has 2 aromatic carbocycles. The lowest BCUT2D eigenvalue weighted by Crippen LogP contribution is -2.21. The summed E-state index contributed by atoms with van der Waals surface area (Å²) < 4.78 is 40.3. The van der Waals surface area contributed by atoms with Gasteiger partial charge in [0.2, 0.25) is 0 Å². The van der Waals surface area contributed by atoms with E-state index < -0.39 is 23.5 Å². The molecule has 0 fully saturated rings. The molecule has 0 saturated heterocycles. The van der Waals surface area contributed by atoms with Gasteiger partial charge in [-0.1, -0.05) is 12.1 Å². The van der Waals surface area contributed by atoms with Crippen LogP contribution in [0.4, 0.5) is 18.9 Å². The molecule has 20 heavy (non-hydrogen) atoms. The molecule has 0 bridgehead atoms. The quantitative estimate of drug-likeness (QED) is 0.823. The van der Waals surface area contributed by atoms with Crippen molar-refractivity contribution in [2.45, 2.75) is 6.04 Å². The van der Waals surface area contributed by atoms with Crippen LogP contribution in [-0.4, -0.2) is 6.54 Å². The third-order valence-corrected chi connectivity index (χ3v) is 3.54. The molecule has 0 aliphatic carbocycles. The van der Waals surface area contributed by atoms with Gasteiger partial charge in [-0.2, -0.15) is 0 Å². The number of benzene rings is 2. The zero-order chi connectivity index (χ0) is 14.7. The van der Waals surface area contributed by atoms with Crippen LogP contribution in [0.2, 0.25) is 0 Å². The molecule has 2 nitrogen and oxygen atoms in total. The Labute approximate surface area is 122 Å². The average molecular weight is 345 g/mol. The summed E-state index contributed by atoms with van der Waals surface area (Å²) in [6, 6.07) is 8.62. The van der Waals surface area contributed by atoms with Crippen LogP contribution < -0.4 is 11.1 Å². The van der Waals surface area contributed by atoms with Crippen LogP contribution in [0.1, 0.15) is 11.6 Å². The van der Waals surface area contributed by atoms with Crippen molar-refractivity contribution in [3.05, 3.63) is 63.9 Å². The van der Waals surface area contributed by atoms with E-state index in [1.54, 1.807) is 6.07 Å². The Morgan fingerprint density at radius 2 is 1.70 bits per heavy atom. The first-order valence-corrected chi connectivity index (χ1v) is 6.67. The molecule has 6 heteroatoms. The van der Waals surface area contributed by atoms with Gasteiger partial charge in [0, 0.05) is 16.7 Å². The average Bonchev–Trinajstić information content (AvgIpc) is 2.43. The van der Waals surface area contributed by atoms with E-state index in [0.717, 1.165) is 22.3 Å². The van der Waals surface area contributed by atoms with Gasteiger partial charge in [-0.15, -0.1) is 0 Å². The Morgan fingerprint density at radius 3 is 2.25 bits per heavy atom. The number of hydrogen-bond donors (Lipinski definition) is 2. The minimum atomic E-state index is -1.48. The van der Waals surface area contributed by atoms with Crippen LogP contribution in [0.15, 0.2) is 40.9 Å². The Kier molecular flexibility index (Phi) is 4.67. The van der Waals surface area contributed by atoms with Gasteiger partial charge >= 0.3 is 0 Å². The maximum absolute atomic E-state index is 13.3. The van der Waals surface area contributed by atoms with Crippen LogP contribution in [0.25, 0.3) is 0 Å². The molecule has 0 aromatic heterocycles. The number of anilines is 1. The highest BCUT2D eigenvalue weighted by Crippen LogP contribution is 2.27. The molecule has 2 aromatic rings. The highest BCUT2D eigenvalue weighted by Gasteiger charge is 2.17. The fraction of sp³-hybridized carbons (Fsp3) is 0.143. The maximum atomic E-state index is 13.3. The molecular weight excluding hydrogens is 333 g/mol. The van der Waals surface area contributed by atoms with E-state index in [1.165, 1.54) is 0 Å². The Morgan fingerprint density at radius 1 is 1.10 bits per heavy atom. The van der Waals surface area contributed by atoms with Crippen LogP contribution in [0.5, 0.6) is 0 Å². The predicted molar refractivity (Wildman–Crippen MR) is 75.9 cm³/mol. The SMILES string of the molecule is NCC(Nc1ccccc1Br)c1cc(F)c(F)c(F)c1. The normalized spacial score (nSPS) is 12.2. The van der Waals surface area contributed by atoms with E-state index >= 15 is 0 Å². The van der Waals surface area contributed by atoms with Gasteiger partial charge in [-0.05, 0) is 45.8 Å². The topological polar surface area (TPSA) is 38.0 Å². The van der Waals surface area contributed by atoms with Gasteiger partial charge in [0.1, 0.15) is 0 Å². The van der Waals surface area contributed by atoms with Crippen molar-refractivity contribution in [2.24, 2.45) is 5.73 Å². The summed E-state index contributed by atoms with van der Waals surface area (Å²) in [4.78, 5) is 0. The molecule has 0 aliphatic rings. The summed E-state index contributed by atoms with van der Waals surface area (Å²) >= 11 is 3.36. The van der Waals surface area contributed by atoms with E-state index in [2.05, 4.69) is 21.2 Å². The largest absolute Gasteiger partial charge is 0.376 e.